The average Bonchev–Trinajstić information content (AvgIpc) is 2.44. The van der Waals surface area contributed by atoms with E-state index in [0.717, 1.165) is 12.8 Å². The number of aliphatic carboxylic acids is 1. The minimum absolute atomic E-state index is 0.0181. The highest BCUT2D eigenvalue weighted by atomic mass is 79.9. The molecule has 1 aliphatic carbocycles. The van der Waals surface area contributed by atoms with Gasteiger partial charge in [-0.3, -0.25) is 14.9 Å². The molecule has 1 aliphatic rings. The SMILES string of the molecule is Cc1c([N+](=O)[O-])cnc(NC2CCCC(C(=O)O)C2)c1Br. The van der Waals surface area contributed by atoms with Crippen molar-refractivity contribution in [2.75, 3.05) is 5.32 Å². The predicted molar refractivity (Wildman–Crippen MR) is 80.3 cm³/mol. The minimum atomic E-state index is -0.770. The van der Waals surface area contributed by atoms with E-state index in [4.69, 9.17) is 5.11 Å². The third kappa shape index (κ3) is 3.49. The van der Waals surface area contributed by atoms with Crippen LogP contribution in [0.3, 0.4) is 0 Å². The van der Waals surface area contributed by atoms with Crippen LogP contribution in [0.2, 0.25) is 0 Å². The van der Waals surface area contributed by atoms with E-state index in [9.17, 15) is 14.9 Å². The lowest BCUT2D eigenvalue weighted by molar-refractivity contribution is -0.385. The fraction of sp³-hybridized carbons (Fsp3) is 0.538. The Morgan fingerprint density at radius 3 is 2.90 bits per heavy atom. The summed E-state index contributed by atoms with van der Waals surface area (Å²) in [6, 6.07) is 0.0181. The summed E-state index contributed by atoms with van der Waals surface area (Å²) in [5.41, 5.74) is 0.461. The normalized spacial score (nSPS) is 21.8. The number of carboxylic acids is 1. The zero-order chi connectivity index (χ0) is 15.6. The van der Waals surface area contributed by atoms with Crippen LogP contribution < -0.4 is 5.32 Å². The standard InChI is InChI=1S/C13H16BrN3O4/c1-7-10(17(20)21)6-15-12(11(7)14)16-9-4-2-3-8(5-9)13(18)19/h6,8-9H,2-5H2,1H3,(H,15,16)(H,18,19). The highest BCUT2D eigenvalue weighted by molar-refractivity contribution is 9.10. The number of nitrogens with zero attached hydrogens (tertiary/aromatic N) is 2. The van der Waals surface area contributed by atoms with Gasteiger partial charge in [0.2, 0.25) is 0 Å². The summed E-state index contributed by atoms with van der Waals surface area (Å²) >= 11 is 3.32. The van der Waals surface area contributed by atoms with Crippen molar-refractivity contribution in [2.45, 2.75) is 38.6 Å². The number of halogens is 1. The number of nitrogens with one attached hydrogen (secondary N) is 1. The van der Waals surface area contributed by atoms with Crippen LogP contribution in [0.1, 0.15) is 31.2 Å². The summed E-state index contributed by atoms with van der Waals surface area (Å²) in [5, 5.41) is 23.1. The first-order valence-electron chi connectivity index (χ1n) is 6.69. The first-order valence-corrected chi connectivity index (χ1v) is 7.48. The van der Waals surface area contributed by atoms with Gasteiger partial charge in [0.25, 0.3) is 5.69 Å². The quantitative estimate of drug-likeness (QED) is 0.633. The number of aromatic nitrogens is 1. The van der Waals surface area contributed by atoms with E-state index in [1.54, 1.807) is 6.92 Å². The Balaban J connectivity index is 2.15. The van der Waals surface area contributed by atoms with Gasteiger partial charge in [-0.15, -0.1) is 0 Å². The smallest absolute Gasteiger partial charge is 0.306 e. The van der Waals surface area contributed by atoms with Crippen LogP contribution in [0.4, 0.5) is 11.5 Å². The number of hydrogen-bond donors (Lipinski definition) is 2. The number of anilines is 1. The zero-order valence-corrected chi connectivity index (χ0v) is 13.1. The summed E-state index contributed by atoms with van der Waals surface area (Å²) in [6.07, 6.45) is 4.17. The minimum Gasteiger partial charge on any atom is -0.481 e. The molecular formula is C13H16BrN3O4. The highest BCUT2D eigenvalue weighted by Crippen LogP contribution is 2.33. The molecule has 7 nitrogen and oxygen atoms in total. The van der Waals surface area contributed by atoms with Crippen LogP contribution in [-0.4, -0.2) is 27.0 Å². The molecule has 2 atom stereocenters. The Labute approximate surface area is 130 Å². The molecule has 0 spiro atoms. The summed E-state index contributed by atoms with van der Waals surface area (Å²) in [6.45, 7) is 1.65. The lowest BCUT2D eigenvalue weighted by atomic mass is 9.86. The number of pyridine rings is 1. The Morgan fingerprint density at radius 1 is 1.57 bits per heavy atom. The Kier molecular flexibility index (Phi) is 4.76. The van der Waals surface area contributed by atoms with Gasteiger partial charge in [-0.2, -0.15) is 0 Å². The molecule has 2 rings (SSSR count). The van der Waals surface area contributed by atoms with Crippen molar-refractivity contribution in [1.29, 1.82) is 0 Å². The maximum atomic E-state index is 11.1. The van der Waals surface area contributed by atoms with Crippen LogP contribution in [0.5, 0.6) is 0 Å². The average molecular weight is 358 g/mol. The van der Waals surface area contributed by atoms with Gasteiger partial charge in [0.05, 0.1) is 15.3 Å². The molecular weight excluding hydrogens is 342 g/mol. The van der Waals surface area contributed by atoms with Gasteiger partial charge in [0.15, 0.2) is 0 Å². The maximum Gasteiger partial charge on any atom is 0.306 e. The predicted octanol–water partition coefficient (Wildman–Crippen LogP) is 3.12. The van der Waals surface area contributed by atoms with Gasteiger partial charge in [-0.25, -0.2) is 4.98 Å². The first-order chi connectivity index (χ1) is 9.90. The van der Waals surface area contributed by atoms with E-state index < -0.39 is 10.9 Å². The second kappa shape index (κ2) is 6.38. The molecule has 1 aromatic heterocycles. The maximum absolute atomic E-state index is 11.1. The molecule has 1 fully saturated rings. The highest BCUT2D eigenvalue weighted by Gasteiger charge is 2.28. The van der Waals surface area contributed by atoms with Gasteiger partial charge in [-0.05, 0) is 42.1 Å². The molecule has 21 heavy (non-hydrogen) atoms. The zero-order valence-electron chi connectivity index (χ0n) is 11.5. The molecule has 8 heteroatoms. The topological polar surface area (TPSA) is 105 Å². The number of hydrogen-bond acceptors (Lipinski definition) is 5. The van der Waals surface area contributed by atoms with Crippen LogP contribution in [0, 0.1) is 23.0 Å². The van der Waals surface area contributed by atoms with Crippen LogP contribution in [0.15, 0.2) is 10.7 Å². The monoisotopic (exact) mass is 357 g/mol. The third-order valence-corrected chi connectivity index (χ3v) is 4.77. The van der Waals surface area contributed by atoms with E-state index in [1.165, 1.54) is 6.20 Å². The Morgan fingerprint density at radius 2 is 2.29 bits per heavy atom. The van der Waals surface area contributed by atoms with Crippen LogP contribution in [0.25, 0.3) is 0 Å². The number of nitro groups is 1. The fourth-order valence-electron chi connectivity index (χ4n) is 2.59. The third-order valence-electron chi connectivity index (χ3n) is 3.80. The van der Waals surface area contributed by atoms with Gasteiger partial charge in [0, 0.05) is 11.6 Å². The van der Waals surface area contributed by atoms with Crippen molar-refractivity contribution in [2.24, 2.45) is 5.92 Å². The van der Waals surface area contributed by atoms with Crippen LogP contribution in [-0.2, 0) is 4.79 Å². The van der Waals surface area contributed by atoms with E-state index in [-0.39, 0.29) is 17.6 Å². The van der Waals surface area contributed by atoms with E-state index in [0.29, 0.717) is 28.7 Å². The van der Waals surface area contributed by atoms with Crippen molar-refractivity contribution in [3.8, 4) is 0 Å². The molecule has 0 aliphatic heterocycles. The van der Waals surface area contributed by atoms with Crippen molar-refractivity contribution < 1.29 is 14.8 Å². The number of carbonyl (C=O) groups is 1. The Hall–Kier alpha value is -1.70. The molecule has 0 bridgehead atoms. The van der Waals surface area contributed by atoms with Crippen molar-refractivity contribution in [3.63, 3.8) is 0 Å². The molecule has 2 unspecified atom stereocenters. The molecule has 0 amide bonds. The largest absolute Gasteiger partial charge is 0.481 e. The van der Waals surface area contributed by atoms with Crippen molar-refractivity contribution in [1.82, 2.24) is 4.98 Å². The molecule has 0 saturated heterocycles. The molecule has 1 heterocycles. The summed E-state index contributed by atoms with van der Waals surface area (Å²) in [4.78, 5) is 25.5. The summed E-state index contributed by atoms with van der Waals surface area (Å²) < 4.78 is 0.550. The van der Waals surface area contributed by atoms with E-state index in [2.05, 4.69) is 26.2 Å². The van der Waals surface area contributed by atoms with Gasteiger partial charge >= 0.3 is 5.97 Å². The van der Waals surface area contributed by atoms with E-state index in [1.807, 2.05) is 0 Å². The Bertz CT molecular complexity index is 579. The van der Waals surface area contributed by atoms with Crippen molar-refractivity contribution in [3.05, 3.63) is 26.3 Å². The molecule has 114 valence electrons. The number of carboxylic acid groups (broad SMARTS) is 1. The second-order valence-corrected chi connectivity index (χ2v) is 6.02. The molecule has 1 saturated carbocycles. The fourth-order valence-corrected chi connectivity index (χ4v) is 3.01. The van der Waals surface area contributed by atoms with Crippen LogP contribution >= 0.6 is 15.9 Å². The first kappa shape index (κ1) is 15.7. The lowest BCUT2D eigenvalue weighted by Gasteiger charge is -2.28. The summed E-state index contributed by atoms with van der Waals surface area (Å²) in [7, 11) is 0. The second-order valence-electron chi connectivity index (χ2n) is 5.23. The lowest BCUT2D eigenvalue weighted by Crippen LogP contribution is -2.31. The molecule has 1 aromatic rings. The van der Waals surface area contributed by atoms with Crippen molar-refractivity contribution >= 4 is 33.4 Å². The molecule has 2 N–H and O–H groups in total. The summed E-state index contributed by atoms with van der Waals surface area (Å²) in [5.74, 6) is -0.586. The van der Waals surface area contributed by atoms with E-state index >= 15 is 0 Å². The van der Waals surface area contributed by atoms with Gasteiger partial charge in [-0.1, -0.05) is 6.42 Å². The number of rotatable bonds is 4. The molecule has 0 aromatic carbocycles. The van der Waals surface area contributed by atoms with Gasteiger partial charge < -0.3 is 10.4 Å². The molecule has 0 radical (unpaired) electrons. The van der Waals surface area contributed by atoms with Gasteiger partial charge in [0.1, 0.15) is 12.0 Å².